The van der Waals surface area contributed by atoms with Crippen molar-refractivity contribution in [1.82, 2.24) is 14.7 Å². The van der Waals surface area contributed by atoms with E-state index in [9.17, 15) is 8.42 Å². The molecule has 0 spiro atoms. The molecule has 1 aliphatic heterocycles. The summed E-state index contributed by atoms with van der Waals surface area (Å²) in [5.74, 6) is 1.27. The van der Waals surface area contributed by atoms with Crippen LogP contribution in [0.25, 0.3) is 0 Å². The fourth-order valence-corrected chi connectivity index (χ4v) is 3.77. The number of aromatic nitrogens is 2. The van der Waals surface area contributed by atoms with E-state index in [1.807, 2.05) is 32.0 Å². The molecular weight excluding hydrogens is 352 g/mol. The minimum atomic E-state index is -3.60. The number of sulfonamides is 1. The summed E-state index contributed by atoms with van der Waals surface area (Å²) in [5, 5.41) is 0. The van der Waals surface area contributed by atoms with Crippen LogP contribution < -0.4 is 9.62 Å². The number of benzene rings is 1. The van der Waals surface area contributed by atoms with Crippen molar-refractivity contribution in [3.8, 4) is 0 Å². The van der Waals surface area contributed by atoms with Crippen LogP contribution in [0.15, 0.2) is 35.2 Å². The number of aryl methyl sites for hydroxylation is 2. The Morgan fingerprint density at radius 3 is 2.50 bits per heavy atom. The molecule has 0 unspecified atom stereocenters. The standard InChI is InChI=1S/C18H24N4O3S/c1-3-15-4-6-16(7-5-15)26(23,24)19-13-17-20-14(2)12-18(21-17)22-8-10-25-11-9-22/h4-7,12,19H,3,8-11,13H2,1-2H3. The van der Waals surface area contributed by atoms with Crippen LogP contribution in [-0.4, -0.2) is 44.7 Å². The first kappa shape index (κ1) is 18.8. The zero-order valence-corrected chi connectivity index (χ0v) is 15.9. The number of ether oxygens (including phenoxy) is 1. The van der Waals surface area contributed by atoms with Gasteiger partial charge in [0.25, 0.3) is 0 Å². The van der Waals surface area contributed by atoms with Gasteiger partial charge in [-0.05, 0) is 31.0 Å². The van der Waals surface area contributed by atoms with Crippen LogP contribution in [-0.2, 0) is 27.7 Å². The molecule has 1 aliphatic rings. The Morgan fingerprint density at radius 1 is 1.15 bits per heavy atom. The average Bonchev–Trinajstić information content (AvgIpc) is 2.67. The van der Waals surface area contributed by atoms with Crippen molar-refractivity contribution in [2.75, 3.05) is 31.2 Å². The van der Waals surface area contributed by atoms with Crippen LogP contribution in [0, 0.1) is 6.92 Å². The zero-order valence-electron chi connectivity index (χ0n) is 15.1. The summed E-state index contributed by atoms with van der Waals surface area (Å²) in [6.45, 7) is 6.83. The minimum Gasteiger partial charge on any atom is -0.378 e. The molecule has 0 amide bonds. The van der Waals surface area contributed by atoms with Gasteiger partial charge in [-0.3, -0.25) is 0 Å². The molecule has 8 heteroatoms. The van der Waals surface area contributed by atoms with Crippen LogP contribution >= 0.6 is 0 Å². The lowest BCUT2D eigenvalue weighted by molar-refractivity contribution is 0.122. The lowest BCUT2D eigenvalue weighted by Gasteiger charge is -2.28. The Labute approximate surface area is 154 Å². The van der Waals surface area contributed by atoms with Gasteiger partial charge < -0.3 is 9.64 Å². The second-order valence-electron chi connectivity index (χ2n) is 6.21. The van der Waals surface area contributed by atoms with E-state index < -0.39 is 10.0 Å². The van der Waals surface area contributed by atoms with Gasteiger partial charge in [-0.2, -0.15) is 0 Å². The molecule has 1 N–H and O–H groups in total. The van der Waals surface area contributed by atoms with E-state index in [0.29, 0.717) is 19.0 Å². The molecule has 26 heavy (non-hydrogen) atoms. The highest BCUT2D eigenvalue weighted by Crippen LogP contribution is 2.15. The maximum atomic E-state index is 12.5. The molecule has 1 aromatic carbocycles. The molecule has 0 atom stereocenters. The molecule has 2 aromatic rings. The van der Waals surface area contributed by atoms with Gasteiger partial charge in [0.1, 0.15) is 11.6 Å². The molecular formula is C18H24N4O3S. The number of morpholine rings is 1. The predicted molar refractivity (Wildman–Crippen MR) is 99.6 cm³/mol. The molecule has 0 bridgehead atoms. The summed E-state index contributed by atoms with van der Waals surface area (Å²) in [7, 11) is -3.60. The fourth-order valence-electron chi connectivity index (χ4n) is 2.79. The first-order valence-corrected chi connectivity index (χ1v) is 10.2. The second-order valence-corrected chi connectivity index (χ2v) is 7.97. The second kappa shape index (κ2) is 8.11. The average molecular weight is 376 g/mol. The number of hydrogen-bond donors (Lipinski definition) is 1. The van der Waals surface area contributed by atoms with Gasteiger partial charge in [0, 0.05) is 24.8 Å². The van der Waals surface area contributed by atoms with Crippen molar-refractivity contribution in [2.24, 2.45) is 0 Å². The largest absolute Gasteiger partial charge is 0.378 e. The van der Waals surface area contributed by atoms with Crippen molar-refractivity contribution < 1.29 is 13.2 Å². The first-order chi connectivity index (χ1) is 12.5. The van der Waals surface area contributed by atoms with Crippen molar-refractivity contribution in [3.63, 3.8) is 0 Å². The Kier molecular flexibility index (Phi) is 5.85. The number of nitrogens with one attached hydrogen (secondary N) is 1. The molecule has 0 radical (unpaired) electrons. The molecule has 1 aromatic heterocycles. The molecule has 0 saturated carbocycles. The summed E-state index contributed by atoms with van der Waals surface area (Å²) >= 11 is 0. The quantitative estimate of drug-likeness (QED) is 0.825. The van der Waals surface area contributed by atoms with E-state index in [-0.39, 0.29) is 11.4 Å². The van der Waals surface area contributed by atoms with Crippen molar-refractivity contribution in [3.05, 3.63) is 47.4 Å². The molecule has 140 valence electrons. The van der Waals surface area contributed by atoms with E-state index in [0.717, 1.165) is 36.6 Å². The van der Waals surface area contributed by atoms with Gasteiger partial charge in [0.15, 0.2) is 0 Å². The monoisotopic (exact) mass is 376 g/mol. The third-order valence-electron chi connectivity index (χ3n) is 4.28. The lowest BCUT2D eigenvalue weighted by atomic mass is 10.2. The molecule has 1 fully saturated rings. The highest BCUT2D eigenvalue weighted by molar-refractivity contribution is 7.89. The highest BCUT2D eigenvalue weighted by atomic mass is 32.2. The van der Waals surface area contributed by atoms with Crippen molar-refractivity contribution in [2.45, 2.75) is 31.7 Å². The number of anilines is 1. The van der Waals surface area contributed by atoms with E-state index in [1.54, 1.807) is 12.1 Å². The third-order valence-corrected chi connectivity index (χ3v) is 5.70. The van der Waals surface area contributed by atoms with Gasteiger partial charge in [0.2, 0.25) is 10.0 Å². The Morgan fingerprint density at radius 2 is 1.85 bits per heavy atom. The van der Waals surface area contributed by atoms with Gasteiger partial charge in [-0.1, -0.05) is 19.1 Å². The van der Waals surface area contributed by atoms with E-state index in [1.165, 1.54) is 0 Å². The van der Waals surface area contributed by atoms with Crippen molar-refractivity contribution in [1.29, 1.82) is 0 Å². The van der Waals surface area contributed by atoms with Gasteiger partial charge in [-0.15, -0.1) is 0 Å². The summed E-state index contributed by atoms with van der Waals surface area (Å²) in [4.78, 5) is 11.2. The van der Waals surface area contributed by atoms with Crippen LogP contribution in [0.3, 0.4) is 0 Å². The Bertz CT molecular complexity index is 847. The number of rotatable bonds is 6. The van der Waals surface area contributed by atoms with Crippen molar-refractivity contribution >= 4 is 15.8 Å². The highest BCUT2D eigenvalue weighted by Gasteiger charge is 2.17. The number of nitrogens with zero attached hydrogens (tertiary/aromatic N) is 3. The molecule has 2 heterocycles. The van der Waals surface area contributed by atoms with Crippen LogP contribution in [0.1, 0.15) is 24.0 Å². The normalized spacial score (nSPS) is 15.2. The van der Waals surface area contributed by atoms with Crippen LogP contribution in [0.5, 0.6) is 0 Å². The van der Waals surface area contributed by atoms with Gasteiger partial charge >= 0.3 is 0 Å². The zero-order chi connectivity index (χ0) is 18.6. The van der Waals surface area contributed by atoms with E-state index in [4.69, 9.17) is 4.74 Å². The number of hydrogen-bond acceptors (Lipinski definition) is 6. The van der Waals surface area contributed by atoms with E-state index in [2.05, 4.69) is 19.6 Å². The molecule has 3 rings (SSSR count). The SMILES string of the molecule is CCc1ccc(S(=O)(=O)NCc2nc(C)cc(N3CCOCC3)n2)cc1. The Hall–Kier alpha value is -2.03. The third kappa shape index (κ3) is 4.57. The summed E-state index contributed by atoms with van der Waals surface area (Å²) in [6, 6.07) is 8.81. The fraction of sp³-hybridized carbons (Fsp3) is 0.444. The smallest absolute Gasteiger partial charge is 0.240 e. The summed E-state index contributed by atoms with van der Waals surface area (Å²) in [6.07, 6.45) is 0.870. The topological polar surface area (TPSA) is 84.4 Å². The lowest BCUT2D eigenvalue weighted by Crippen LogP contribution is -2.37. The van der Waals surface area contributed by atoms with Gasteiger partial charge in [-0.25, -0.2) is 23.1 Å². The van der Waals surface area contributed by atoms with Crippen LogP contribution in [0.2, 0.25) is 0 Å². The predicted octanol–water partition coefficient (Wildman–Crippen LogP) is 1.66. The molecule has 0 aliphatic carbocycles. The summed E-state index contributed by atoms with van der Waals surface area (Å²) in [5.41, 5.74) is 1.91. The molecule has 1 saturated heterocycles. The molecule has 7 nitrogen and oxygen atoms in total. The maximum absolute atomic E-state index is 12.5. The van der Waals surface area contributed by atoms with Gasteiger partial charge in [0.05, 0.1) is 24.7 Å². The van der Waals surface area contributed by atoms with E-state index >= 15 is 0 Å². The maximum Gasteiger partial charge on any atom is 0.240 e. The summed E-state index contributed by atoms with van der Waals surface area (Å²) < 4.78 is 32.9. The minimum absolute atomic E-state index is 0.0525. The van der Waals surface area contributed by atoms with Crippen LogP contribution in [0.4, 0.5) is 5.82 Å². The Balaban J connectivity index is 1.72. The first-order valence-electron chi connectivity index (χ1n) is 8.74.